The second kappa shape index (κ2) is 24.1. The van der Waals surface area contributed by atoms with E-state index in [1.54, 1.807) is 0 Å². The minimum absolute atomic E-state index is 0.185. The van der Waals surface area contributed by atoms with E-state index < -0.39 is 0 Å². The molecule has 0 bridgehead atoms. The van der Waals surface area contributed by atoms with Crippen LogP contribution in [0.15, 0.2) is 11.7 Å². The highest BCUT2D eigenvalue weighted by Gasteiger charge is 2.22. The molecular formula is C32H62O2. The number of allylic oxidation sites excluding steroid dienone is 1. The van der Waals surface area contributed by atoms with Gasteiger partial charge in [0.1, 0.15) is 0 Å². The van der Waals surface area contributed by atoms with Crippen LogP contribution in [0.1, 0.15) is 187 Å². The van der Waals surface area contributed by atoms with Gasteiger partial charge in [0.2, 0.25) is 0 Å². The predicted molar refractivity (Wildman–Crippen MR) is 150 cm³/mol. The molecule has 0 amide bonds. The molecule has 0 aromatic heterocycles. The maximum absolute atomic E-state index is 8.98. The molecule has 1 aliphatic heterocycles. The molecule has 0 aliphatic carbocycles. The van der Waals surface area contributed by atoms with E-state index in [0.717, 1.165) is 18.1 Å². The lowest BCUT2D eigenvalue weighted by Crippen LogP contribution is -1.87. The molecule has 202 valence electrons. The second-order valence-electron chi connectivity index (χ2n) is 11.6. The summed E-state index contributed by atoms with van der Waals surface area (Å²) >= 11 is 0. The average Bonchev–Trinajstić information content (AvgIpc) is 3.53. The van der Waals surface area contributed by atoms with Gasteiger partial charge in [-0.3, -0.25) is 0 Å². The van der Waals surface area contributed by atoms with Gasteiger partial charge in [-0.1, -0.05) is 174 Å². The van der Waals surface area contributed by atoms with E-state index in [-0.39, 0.29) is 5.95 Å². The van der Waals surface area contributed by atoms with Gasteiger partial charge in [-0.25, -0.2) is 0 Å². The molecule has 0 saturated heterocycles. The molecule has 1 N–H and O–H groups in total. The minimum Gasteiger partial charge on any atom is -0.478 e. The summed E-state index contributed by atoms with van der Waals surface area (Å²) in [6, 6.07) is 0. The zero-order valence-electron chi connectivity index (χ0n) is 23.5. The normalized spacial score (nSPS) is 13.1. The standard InChI is InChI=1S/C32H62O2/c1-30(2)28-26-24-22-20-18-16-14-12-10-8-6-4-3-5-7-9-11-13-15-17-19-21-23-25-27-29-31-32(33)34-31/h30,33H,3-29H2,1-2H3. The molecule has 1 aliphatic rings. The lowest BCUT2D eigenvalue weighted by molar-refractivity contribution is 0.273. The van der Waals surface area contributed by atoms with Crippen LogP contribution in [0.5, 0.6) is 0 Å². The van der Waals surface area contributed by atoms with Crippen LogP contribution in [0, 0.1) is 5.92 Å². The molecule has 0 aromatic carbocycles. The Morgan fingerprint density at radius 2 is 0.676 bits per heavy atom. The van der Waals surface area contributed by atoms with Crippen molar-refractivity contribution in [3.8, 4) is 0 Å². The number of aliphatic hydroxyl groups is 1. The molecular weight excluding hydrogens is 416 g/mol. The fourth-order valence-electron chi connectivity index (χ4n) is 5.15. The zero-order valence-corrected chi connectivity index (χ0v) is 23.5. The number of hydrogen-bond donors (Lipinski definition) is 1. The number of aliphatic hydroxyl groups excluding tert-OH is 1. The quantitative estimate of drug-likeness (QED) is 0.113. The van der Waals surface area contributed by atoms with E-state index in [1.165, 1.54) is 167 Å². The third kappa shape index (κ3) is 23.1. The van der Waals surface area contributed by atoms with Crippen LogP contribution in [0.4, 0.5) is 0 Å². The summed E-state index contributed by atoms with van der Waals surface area (Å²) < 4.78 is 4.87. The van der Waals surface area contributed by atoms with E-state index in [0.29, 0.717) is 0 Å². The summed E-state index contributed by atoms with van der Waals surface area (Å²) in [5.74, 6) is 1.90. The van der Waals surface area contributed by atoms with E-state index in [4.69, 9.17) is 9.84 Å². The van der Waals surface area contributed by atoms with Gasteiger partial charge in [-0.05, 0) is 12.3 Å². The Balaban J connectivity index is 1.60. The molecule has 34 heavy (non-hydrogen) atoms. The summed E-state index contributed by atoms with van der Waals surface area (Å²) in [4.78, 5) is 0. The molecule has 2 nitrogen and oxygen atoms in total. The van der Waals surface area contributed by atoms with Crippen molar-refractivity contribution >= 4 is 0 Å². The first-order valence-corrected chi connectivity index (χ1v) is 15.8. The summed E-state index contributed by atoms with van der Waals surface area (Å²) in [7, 11) is 0. The first-order chi connectivity index (χ1) is 16.7. The monoisotopic (exact) mass is 478 g/mol. The lowest BCUT2D eigenvalue weighted by atomic mass is 10.0. The van der Waals surface area contributed by atoms with Crippen molar-refractivity contribution in [1.29, 1.82) is 0 Å². The first-order valence-electron chi connectivity index (χ1n) is 15.8. The molecule has 1 heterocycles. The van der Waals surface area contributed by atoms with Crippen LogP contribution in [-0.2, 0) is 4.74 Å². The van der Waals surface area contributed by atoms with Crippen molar-refractivity contribution in [2.75, 3.05) is 0 Å². The molecule has 0 fully saturated rings. The maximum Gasteiger partial charge on any atom is 0.322 e. The maximum atomic E-state index is 8.98. The fourth-order valence-corrected chi connectivity index (χ4v) is 5.15. The van der Waals surface area contributed by atoms with E-state index >= 15 is 0 Å². The van der Waals surface area contributed by atoms with Crippen LogP contribution < -0.4 is 0 Å². The largest absolute Gasteiger partial charge is 0.478 e. The Labute approximate surface area is 214 Å². The lowest BCUT2D eigenvalue weighted by Gasteiger charge is -2.05. The fraction of sp³-hybridized carbons (Fsp3) is 0.938. The van der Waals surface area contributed by atoms with Gasteiger partial charge in [-0.15, -0.1) is 0 Å². The molecule has 1 rings (SSSR count). The molecule has 0 saturated carbocycles. The molecule has 0 spiro atoms. The third-order valence-electron chi connectivity index (χ3n) is 7.60. The molecule has 0 aromatic rings. The highest BCUT2D eigenvalue weighted by molar-refractivity contribution is 5.09. The van der Waals surface area contributed by atoms with Crippen molar-refractivity contribution in [2.24, 2.45) is 5.92 Å². The summed E-state index contributed by atoms with van der Waals surface area (Å²) in [5.41, 5.74) is 0. The van der Waals surface area contributed by atoms with E-state index in [2.05, 4.69) is 13.8 Å². The second-order valence-corrected chi connectivity index (χ2v) is 11.6. The Morgan fingerprint density at radius 3 is 0.912 bits per heavy atom. The van der Waals surface area contributed by atoms with Crippen LogP contribution >= 0.6 is 0 Å². The highest BCUT2D eigenvalue weighted by Crippen LogP contribution is 2.28. The SMILES string of the molecule is CC(C)CCCCCCCCCCCCCCCCCCCCCCCCCCCC1=C(O)O1. The molecule has 0 radical (unpaired) electrons. The van der Waals surface area contributed by atoms with E-state index in [9.17, 15) is 0 Å². The van der Waals surface area contributed by atoms with Crippen molar-refractivity contribution in [3.05, 3.63) is 11.7 Å². The van der Waals surface area contributed by atoms with Crippen LogP contribution in [0.2, 0.25) is 0 Å². The first kappa shape index (κ1) is 31.4. The van der Waals surface area contributed by atoms with Gasteiger partial charge in [-0.2, -0.15) is 0 Å². The van der Waals surface area contributed by atoms with Crippen molar-refractivity contribution < 1.29 is 9.84 Å². The van der Waals surface area contributed by atoms with Crippen LogP contribution in [0.3, 0.4) is 0 Å². The topological polar surface area (TPSA) is 32.8 Å². The summed E-state index contributed by atoms with van der Waals surface area (Å²) in [6.45, 7) is 4.68. The van der Waals surface area contributed by atoms with Crippen molar-refractivity contribution in [2.45, 2.75) is 187 Å². The van der Waals surface area contributed by atoms with Gasteiger partial charge in [0.25, 0.3) is 0 Å². The highest BCUT2D eigenvalue weighted by atomic mass is 16.7. The Morgan fingerprint density at radius 1 is 0.441 bits per heavy atom. The predicted octanol–water partition coefficient (Wildman–Crippen LogP) is 11.9. The third-order valence-corrected chi connectivity index (χ3v) is 7.60. The summed E-state index contributed by atoms with van der Waals surface area (Å²) in [6.07, 6.45) is 38.2. The Bertz CT molecular complexity index is 454. The molecule has 2 heteroatoms. The molecule has 0 atom stereocenters. The van der Waals surface area contributed by atoms with E-state index in [1.807, 2.05) is 0 Å². The van der Waals surface area contributed by atoms with Gasteiger partial charge in [0.05, 0.1) is 0 Å². The Hall–Kier alpha value is -0.660. The van der Waals surface area contributed by atoms with Crippen molar-refractivity contribution in [3.63, 3.8) is 0 Å². The summed E-state index contributed by atoms with van der Waals surface area (Å²) in [5, 5.41) is 8.98. The molecule has 0 unspecified atom stereocenters. The van der Waals surface area contributed by atoms with Crippen molar-refractivity contribution in [1.82, 2.24) is 0 Å². The number of hydrogen-bond acceptors (Lipinski definition) is 2. The Kier molecular flexibility index (Phi) is 22.2. The average molecular weight is 479 g/mol. The number of ether oxygens (including phenoxy) is 1. The zero-order chi connectivity index (χ0) is 24.5. The number of unbranched alkanes of at least 4 members (excludes halogenated alkanes) is 24. The smallest absolute Gasteiger partial charge is 0.322 e. The van der Waals surface area contributed by atoms with Gasteiger partial charge >= 0.3 is 5.95 Å². The minimum atomic E-state index is 0.185. The van der Waals surface area contributed by atoms with Crippen LogP contribution in [-0.4, -0.2) is 5.11 Å². The van der Waals surface area contributed by atoms with Gasteiger partial charge in [0.15, 0.2) is 5.76 Å². The number of rotatable bonds is 28. The van der Waals surface area contributed by atoms with Crippen LogP contribution in [0.25, 0.3) is 0 Å². The van der Waals surface area contributed by atoms with Gasteiger partial charge in [0, 0.05) is 6.42 Å². The van der Waals surface area contributed by atoms with Gasteiger partial charge < -0.3 is 9.84 Å².